The third-order valence-electron chi connectivity index (χ3n) is 8.56. The molecule has 0 aliphatic carbocycles. The van der Waals surface area contributed by atoms with Crippen LogP contribution in [0.4, 0.5) is 10.5 Å². The number of nitrogens with one attached hydrogen (secondary N) is 2. The summed E-state index contributed by atoms with van der Waals surface area (Å²) in [6.45, 7) is 2.51. The van der Waals surface area contributed by atoms with Crippen LogP contribution in [0.1, 0.15) is 41.6 Å². The molecule has 1 fully saturated rings. The molecule has 5 aromatic carbocycles. The number of aliphatic hydroxyl groups is 1. The highest BCUT2D eigenvalue weighted by Crippen LogP contribution is 2.43. The first kappa shape index (κ1) is 33.8. The number of thiazole rings is 1. The van der Waals surface area contributed by atoms with Crippen molar-refractivity contribution in [3.8, 4) is 11.5 Å². The zero-order chi connectivity index (χ0) is 34.3. The van der Waals surface area contributed by atoms with Crippen molar-refractivity contribution >= 4 is 45.0 Å². The normalized spacial score (nSPS) is 18.8. The second kappa shape index (κ2) is 15.9. The number of aromatic nitrogens is 1. The van der Waals surface area contributed by atoms with Crippen LogP contribution in [0.2, 0.25) is 0 Å². The molecule has 10 heteroatoms. The fourth-order valence-electron chi connectivity index (χ4n) is 5.76. The fourth-order valence-corrected chi connectivity index (χ4v) is 8.02. The van der Waals surface area contributed by atoms with Crippen molar-refractivity contribution in [2.75, 3.05) is 11.1 Å². The summed E-state index contributed by atoms with van der Waals surface area (Å²) in [5.41, 5.74) is 5.42. The molecule has 4 unspecified atom stereocenters. The smallest absolute Gasteiger partial charge is 0.319 e. The molecule has 3 N–H and O–H groups in total. The van der Waals surface area contributed by atoms with Gasteiger partial charge >= 0.3 is 6.03 Å². The van der Waals surface area contributed by atoms with Gasteiger partial charge in [0.15, 0.2) is 10.6 Å². The molecule has 50 heavy (non-hydrogen) atoms. The number of ether oxygens (including phenoxy) is 3. The van der Waals surface area contributed by atoms with Crippen molar-refractivity contribution in [3.63, 3.8) is 0 Å². The van der Waals surface area contributed by atoms with E-state index in [0.717, 1.165) is 43.6 Å². The van der Waals surface area contributed by atoms with Gasteiger partial charge in [-0.3, -0.25) is 0 Å². The lowest BCUT2D eigenvalue weighted by Crippen LogP contribution is -2.38. The number of hydrogen-bond acceptors (Lipinski definition) is 8. The minimum Gasteiger partial charge on any atom is -0.457 e. The van der Waals surface area contributed by atoms with Crippen LogP contribution in [0.5, 0.6) is 11.5 Å². The zero-order valence-corrected chi connectivity index (χ0v) is 29.0. The molecule has 1 aliphatic rings. The number of fused-ring (bicyclic) bond motifs is 1. The van der Waals surface area contributed by atoms with E-state index >= 15 is 0 Å². The molecule has 0 radical (unpaired) electrons. The van der Waals surface area contributed by atoms with E-state index in [4.69, 9.17) is 19.2 Å². The van der Waals surface area contributed by atoms with Crippen LogP contribution in [-0.2, 0) is 22.6 Å². The maximum absolute atomic E-state index is 12.7. The SMILES string of the molecule is CC1C(CSc2nc3ccccc3s2)OC(c2ccc(CNC(=O)Nc3ccc(Oc4ccccc4)cc3)cc2)OC1c1ccc(CO)cc1. The van der Waals surface area contributed by atoms with Gasteiger partial charge in [0, 0.05) is 29.5 Å². The second-order valence-corrected chi connectivity index (χ2v) is 14.4. The fraction of sp³-hybridized carbons (Fsp3) is 0.200. The maximum atomic E-state index is 12.7. The molecule has 0 saturated carbocycles. The van der Waals surface area contributed by atoms with Crippen LogP contribution in [0, 0.1) is 5.92 Å². The first-order valence-electron chi connectivity index (χ1n) is 16.5. The van der Waals surface area contributed by atoms with E-state index < -0.39 is 6.29 Å². The van der Waals surface area contributed by atoms with E-state index in [1.807, 2.05) is 109 Å². The second-order valence-electron chi connectivity index (χ2n) is 12.1. The van der Waals surface area contributed by atoms with Crippen molar-refractivity contribution in [2.45, 2.75) is 42.9 Å². The number of aliphatic hydroxyl groups excluding tert-OH is 1. The molecule has 6 aromatic rings. The Kier molecular flexibility index (Phi) is 10.7. The highest BCUT2D eigenvalue weighted by molar-refractivity contribution is 8.01. The highest BCUT2D eigenvalue weighted by atomic mass is 32.2. The minimum atomic E-state index is -0.575. The first-order chi connectivity index (χ1) is 24.5. The molecular formula is C40H37N3O5S2. The average molecular weight is 704 g/mol. The van der Waals surface area contributed by atoms with Gasteiger partial charge in [-0.25, -0.2) is 9.78 Å². The molecule has 4 atom stereocenters. The Balaban J connectivity index is 0.980. The number of nitrogens with zero attached hydrogens (tertiary/aromatic N) is 1. The summed E-state index contributed by atoms with van der Waals surface area (Å²) in [6.07, 6.45) is -0.877. The molecule has 0 bridgehead atoms. The number of thioether (sulfide) groups is 1. The molecule has 2 amide bonds. The van der Waals surface area contributed by atoms with E-state index in [1.165, 1.54) is 4.70 Å². The number of benzene rings is 5. The van der Waals surface area contributed by atoms with Gasteiger partial charge in [-0.05, 0) is 65.2 Å². The van der Waals surface area contributed by atoms with Crippen LogP contribution in [0.3, 0.4) is 0 Å². The summed E-state index contributed by atoms with van der Waals surface area (Å²) in [6, 6.07) is 40.5. The predicted octanol–water partition coefficient (Wildman–Crippen LogP) is 9.49. The zero-order valence-electron chi connectivity index (χ0n) is 27.4. The highest BCUT2D eigenvalue weighted by Gasteiger charge is 2.38. The number of amides is 2. The Labute approximate surface area is 299 Å². The van der Waals surface area contributed by atoms with Gasteiger partial charge in [-0.2, -0.15) is 0 Å². The lowest BCUT2D eigenvalue weighted by Gasteiger charge is -2.41. The number of carbonyl (C=O) groups is 1. The van der Waals surface area contributed by atoms with E-state index in [2.05, 4.69) is 23.6 Å². The number of urea groups is 1. The van der Waals surface area contributed by atoms with Crippen molar-refractivity contribution in [1.82, 2.24) is 10.3 Å². The quantitative estimate of drug-likeness (QED) is 0.116. The van der Waals surface area contributed by atoms with E-state index in [0.29, 0.717) is 18.0 Å². The predicted molar refractivity (Wildman–Crippen MR) is 199 cm³/mol. The largest absolute Gasteiger partial charge is 0.457 e. The Morgan fingerprint density at radius 2 is 1.50 bits per heavy atom. The van der Waals surface area contributed by atoms with Gasteiger partial charge in [0.1, 0.15) is 11.5 Å². The first-order valence-corrected chi connectivity index (χ1v) is 18.3. The van der Waals surface area contributed by atoms with E-state index in [9.17, 15) is 9.90 Å². The molecule has 0 spiro atoms. The van der Waals surface area contributed by atoms with Gasteiger partial charge < -0.3 is 30.0 Å². The van der Waals surface area contributed by atoms with E-state index in [-0.39, 0.29) is 30.8 Å². The molecule has 1 aromatic heterocycles. The van der Waals surface area contributed by atoms with Crippen molar-refractivity contribution < 1.29 is 24.1 Å². The molecular weight excluding hydrogens is 667 g/mol. The van der Waals surface area contributed by atoms with Gasteiger partial charge in [0.2, 0.25) is 0 Å². The molecule has 7 rings (SSSR count). The number of para-hydroxylation sites is 2. The van der Waals surface area contributed by atoms with Crippen LogP contribution in [-0.4, -0.2) is 28.0 Å². The summed E-state index contributed by atoms with van der Waals surface area (Å²) >= 11 is 3.41. The Hall–Kier alpha value is -4.71. The number of anilines is 1. The molecule has 254 valence electrons. The van der Waals surface area contributed by atoms with Crippen molar-refractivity contribution in [1.29, 1.82) is 0 Å². The third-order valence-corrected chi connectivity index (χ3v) is 10.8. The maximum Gasteiger partial charge on any atom is 0.319 e. The summed E-state index contributed by atoms with van der Waals surface area (Å²) in [5, 5.41) is 15.4. The molecule has 2 heterocycles. The topological polar surface area (TPSA) is 102 Å². The van der Waals surface area contributed by atoms with Gasteiger partial charge in [0.25, 0.3) is 0 Å². The Morgan fingerprint density at radius 1 is 0.820 bits per heavy atom. The summed E-state index contributed by atoms with van der Waals surface area (Å²) in [4.78, 5) is 17.5. The molecule has 1 saturated heterocycles. The van der Waals surface area contributed by atoms with Gasteiger partial charge in [-0.15, -0.1) is 11.3 Å². The van der Waals surface area contributed by atoms with Gasteiger partial charge in [0.05, 0.1) is 29.0 Å². The van der Waals surface area contributed by atoms with Crippen LogP contribution in [0.15, 0.2) is 132 Å². The Morgan fingerprint density at radius 3 is 2.24 bits per heavy atom. The van der Waals surface area contributed by atoms with Crippen LogP contribution < -0.4 is 15.4 Å². The summed E-state index contributed by atoms with van der Waals surface area (Å²) in [5.74, 6) is 2.24. The molecule has 1 aliphatic heterocycles. The average Bonchev–Trinajstić information content (AvgIpc) is 3.58. The standard InChI is InChI=1S/C40H37N3O5S2/c1-26-35(25-49-40-43-34-9-5-6-10-36(34)50-40)47-38(48-37(26)29-15-13-28(24-44)14-16-29)30-17-11-27(12-18-30)23-41-39(45)42-31-19-21-33(22-20-31)46-32-7-3-2-4-8-32/h2-22,26,35,37-38,44H,23-25H2,1H3,(H2,41,42,45). The monoisotopic (exact) mass is 703 g/mol. The van der Waals surface area contributed by atoms with Crippen LogP contribution >= 0.6 is 23.1 Å². The lowest BCUT2D eigenvalue weighted by atomic mass is 9.91. The van der Waals surface area contributed by atoms with Crippen LogP contribution in [0.25, 0.3) is 10.2 Å². The summed E-state index contributed by atoms with van der Waals surface area (Å²) < 4.78 is 21.3. The van der Waals surface area contributed by atoms with Gasteiger partial charge in [-0.1, -0.05) is 97.5 Å². The minimum absolute atomic E-state index is 0.00486. The number of rotatable bonds is 11. The number of hydrogen-bond donors (Lipinski definition) is 3. The molecule has 8 nitrogen and oxygen atoms in total. The van der Waals surface area contributed by atoms with Crippen molar-refractivity contribution in [2.24, 2.45) is 5.92 Å². The van der Waals surface area contributed by atoms with E-state index in [1.54, 1.807) is 35.2 Å². The lowest BCUT2D eigenvalue weighted by molar-refractivity contribution is -0.268. The third kappa shape index (κ3) is 8.35. The van der Waals surface area contributed by atoms with Crippen molar-refractivity contribution in [3.05, 3.63) is 150 Å². The Bertz CT molecular complexity index is 1970. The summed E-state index contributed by atoms with van der Waals surface area (Å²) in [7, 11) is 0. The number of carbonyl (C=O) groups excluding carboxylic acids is 1.